The van der Waals surface area contributed by atoms with Gasteiger partial charge in [-0.3, -0.25) is 4.98 Å². The van der Waals surface area contributed by atoms with Crippen LogP contribution < -0.4 is 5.32 Å². The summed E-state index contributed by atoms with van der Waals surface area (Å²) >= 11 is 4.96. The van der Waals surface area contributed by atoms with Crippen molar-refractivity contribution < 1.29 is 26.9 Å². The first-order chi connectivity index (χ1) is 11.4. The van der Waals surface area contributed by atoms with Gasteiger partial charge < -0.3 is 10.1 Å². The maximum absolute atomic E-state index is 12.7. The molecule has 25 heavy (non-hydrogen) atoms. The number of rotatable bonds is 4. The first kappa shape index (κ1) is 21.3. The van der Waals surface area contributed by atoms with Gasteiger partial charge in [-0.2, -0.15) is 17.5 Å². The minimum Gasteiger partial charge on any atom is -0.467 e. The van der Waals surface area contributed by atoms with Crippen LogP contribution in [0.15, 0.2) is 22.7 Å². The van der Waals surface area contributed by atoms with E-state index in [4.69, 9.17) is 12.2 Å². The van der Waals surface area contributed by atoms with Gasteiger partial charge in [-0.1, -0.05) is 6.07 Å². The van der Waals surface area contributed by atoms with Crippen LogP contribution in [0.3, 0.4) is 0 Å². The largest absolute Gasteiger partial charge is 0.467 e. The molecule has 6 nitrogen and oxygen atoms in total. The standard InChI is InChI=1S/C14H18F3N3O3S2/c1-8(12(21)23-3)19-13(24)20-25(4,22)9(2)10-5-6-11(18-7-10)14(15,16)17/h5-9H,1-4H3,(H,19,24). The maximum Gasteiger partial charge on any atom is 0.433 e. The van der Waals surface area contributed by atoms with E-state index in [0.717, 1.165) is 12.3 Å². The number of carbonyl (C=O) groups excluding carboxylic acids is 1. The molecule has 3 unspecified atom stereocenters. The molecule has 1 aromatic rings. The molecule has 1 aromatic heterocycles. The highest BCUT2D eigenvalue weighted by Crippen LogP contribution is 2.29. The molecule has 1 N–H and O–H groups in total. The zero-order valence-corrected chi connectivity index (χ0v) is 15.6. The van der Waals surface area contributed by atoms with Crippen molar-refractivity contribution in [1.29, 1.82) is 0 Å². The van der Waals surface area contributed by atoms with Crippen molar-refractivity contribution in [3.8, 4) is 0 Å². The third kappa shape index (κ3) is 5.92. The van der Waals surface area contributed by atoms with Crippen molar-refractivity contribution in [2.24, 2.45) is 4.36 Å². The molecular weight excluding hydrogens is 379 g/mol. The highest BCUT2D eigenvalue weighted by atomic mass is 32.2. The Morgan fingerprint density at radius 1 is 1.40 bits per heavy atom. The lowest BCUT2D eigenvalue weighted by molar-refractivity contribution is -0.142. The van der Waals surface area contributed by atoms with Gasteiger partial charge in [0.2, 0.25) is 5.11 Å². The SMILES string of the molecule is COC(=O)C(C)NC(=S)N=S(C)(=O)C(C)c1ccc(C(F)(F)F)nc1. The first-order valence-corrected chi connectivity index (χ1v) is 9.40. The van der Waals surface area contributed by atoms with Gasteiger partial charge in [-0.25, -0.2) is 9.00 Å². The number of hydrogen-bond acceptors (Lipinski definition) is 5. The second-order valence-corrected chi connectivity index (χ2v) is 8.26. The second kappa shape index (κ2) is 8.09. The van der Waals surface area contributed by atoms with Gasteiger partial charge >= 0.3 is 12.1 Å². The Hall–Kier alpha value is -1.75. The summed E-state index contributed by atoms with van der Waals surface area (Å²) in [6.07, 6.45) is -2.21. The molecule has 1 rings (SSSR count). The summed E-state index contributed by atoms with van der Waals surface area (Å²) < 4.78 is 58.8. The summed E-state index contributed by atoms with van der Waals surface area (Å²) in [6, 6.07) is 1.24. The number of alkyl halides is 3. The van der Waals surface area contributed by atoms with Crippen molar-refractivity contribution in [2.75, 3.05) is 13.4 Å². The van der Waals surface area contributed by atoms with Crippen LogP contribution in [-0.4, -0.2) is 39.7 Å². The highest BCUT2D eigenvalue weighted by molar-refractivity contribution is 7.94. The zero-order chi connectivity index (χ0) is 19.4. The van der Waals surface area contributed by atoms with E-state index in [9.17, 15) is 22.2 Å². The molecular formula is C14H18F3N3O3S2. The predicted molar refractivity (Wildman–Crippen MR) is 91.4 cm³/mol. The van der Waals surface area contributed by atoms with Crippen LogP contribution in [0.1, 0.15) is 30.4 Å². The predicted octanol–water partition coefficient (Wildman–Crippen LogP) is 2.70. The van der Waals surface area contributed by atoms with E-state index in [1.807, 2.05) is 0 Å². The number of aromatic nitrogens is 1. The van der Waals surface area contributed by atoms with Gasteiger partial charge in [0.1, 0.15) is 11.7 Å². The lowest BCUT2D eigenvalue weighted by atomic mass is 10.2. The Morgan fingerprint density at radius 2 is 2.00 bits per heavy atom. The highest BCUT2D eigenvalue weighted by Gasteiger charge is 2.32. The lowest BCUT2D eigenvalue weighted by Crippen LogP contribution is -2.37. The smallest absolute Gasteiger partial charge is 0.433 e. The lowest BCUT2D eigenvalue weighted by Gasteiger charge is -2.16. The van der Waals surface area contributed by atoms with E-state index >= 15 is 0 Å². The number of nitrogens with one attached hydrogen (secondary N) is 1. The molecule has 0 saturated carbocycles. The normalized spacial score (nSPS) is 16.3. The van der Waals surface area contributed by atoms with Gasteiger partial charge in [0, 0.05) is 12.5 Å². The number of hydrogen-bond donors (Lipinski definition) is 1. The molecule has 1 heterocycles. The average Bonchev–Trinajstić information content (AvgIpc) is 2.51. The number of ether oxygens (including phenoxy) is 1. The van der Waals surface area contributed by atoms with Crippen LogP contribution in [0.4, 0.5) is 13.2 Å². The molecule has 0 bridgehead atoms. The number of methoxy groups -OCH3 is 1. The van der Waals surface area contributed by atoms with Crippen LogP contribution in [0.2, 0.25) is 0 Å². The molecule has 0 saturated heterocycles. The van der Waals surface area contributed by atoms with Gasteiger partial charge in [0.05, 0.1) is 22.1 Å². The van der Waals surface area contributed by atoms with E-state index in [-0.39, 0.29) is 5.11 Å². The molecule has 3 atom stereocenters. The van der Waals surface area contributed by atoms with E-state index < -0.39 is 38.9 Å². The van der Waals surface area contributed by atoms with Gasteiger partial charge in [-0.05, 0) is 37.7 Å². The van der Waals surface area contributed by atoms with Gasteiger partial charge in [-0.15, -0.1) is 0 Å². The van der Waals surface area contributed by atoms with E-state index in [0.29, 0.717) is 5.56 Å². The fourth-order valence-corrected chi connectivity index (χ4v) is 3.56. The molecule has 0 amide bonds. The van der Waals surface area contributed by atoms with Crippen molar-refractivity contribution in [1.82, 2.24) is 10.3 Å². The Balaban J connectivity index is 2.98. The van der Waals surface area contributed by atoms with Crippen LogP contribution >= 0.6 is 12.2 Å². The Bertz CT molecular complexity index is 757. The third-order valence-corrected chi connectivity index (χ3v) is 5.82. The fraction of sp³-hybridized carbons (Fsp3) is 0.500. The molecule has 11 heteroatoms. The molecule has 140 valence electrons. The summed E-state index contributed by atoms with van der Waals surface area (Å²) in [7, 11) is -1.73. The van der Waals surface area contributed by atoms with Crippen LogP contribution in [0, 0.1) is 0 Å². The summed E-state index contributed by atoms with van der Waals surface area (Å²) in [5.41, 5.74) is -0.708. The maximum atomic E-state index is 12.7. The Kier molecular flexibility index (Phi) is 6.89. The van der Waals surface area contributed by atoms with Crippen molar-refractivity contribution in [3.05, 3.63) is 29.6 Å². The quantitative estimate of drug-likeness (QED) is 0.622. The van der Waals surface area contributed by atoms with E-state index in [2.05, 4.69) is 19.4 Å². The van der Waals surface area contributed by atoms with Gasteiger partial charge in [0.15, 0.2) is 0 Å². The Morgan fingerprint density at radius 3 is 2.44 bits per heavy atom. The molecule has 0 spiro atoms. The van der Waals surface area contributed by atoms with Crippen molar-refractivity contribution >= 4 is 33.0 Å². The van der Waals surface area contributed by atoms with E-state index in [1.165, 1.54) is 26.4 Å². The van der Waals surface area contributed by atoms with Crippen molar-refractivity contribution in [3.63, 3.8) is 0 Å². The fourth-order valence-electron chi connectivity index (χ4n) is 1.76. The number of pyridine rings is 1. The molecule has 0 aliphatic carbocycles. The van der Waals surface area contributed by atoms with E-state index in [1.54, 1.807) is 6.92 Å². The number of nitrogens with zero attached hydrogens (tertiary/aromatic N) is 2. The molecule has 0 fully saturated rings. The number of halogens is 3. The number of esters is 1. The van der Waals surface area contributed by atoms with Crippen LogP contribution in [0.25, 0.3) is 0 Å². The Labute approximate surface area is 149 Å². The van der Waals surface area contributed by atoms with Crippen molar-refractivity contribution in [2.45, 2.75) is 31.3 Å². The van der Waals surface area contributed by atoms with Gasteiger partial charge in [0.25, 0.3) is 0 Å². The molecule has 0 radical (unpaired) electrons. The van der Waals surface area contributed by atoms with Crippen LogP contribution in [-0.2, 0) is 25.4 Å². The van der Waals surface area contributed by atoms with Crippen LogP contribution in [0.5, 0.6) is 0 Å². The summed E-state index contributed by atoms with van der Waals surface area (Å²) in [5, 5.41) is 1.69. The summed E-state index contributed by atoms with van der Waals surface area (Å²) in [4.78, 5) is 14.7. The second-order valence-electron chi connectivity index (χ2n) is 5.26. The minimum absolute atomic E-state index is 0.155. The summed E-state index contributed by atoms with van der Waals surface area (Å²) in [5.74, 6) is -0.569. The molecule has 0 aliphatic rings. The number of carbonyl (C=O) groups is 1. The molecule has 0 aromatic carbocycles. The third-order valence-electron chi connectivity index (χ3n) is 3.36. The number of thiocarbonyl (C=S) groups is 1. The minimum atomic E-state index is -4.55. The topological polar surface area (TPSA) is 80.6 Å². The first-order valence-electron chi connectivity index (χ1n) is 7.01. The monoisotopic (exact) mass is 397 g/mol. The zero-order valence-electron chi connectivity index (χ0n) is 14.0. The summed E-state index contributed by atoms with van der Waals surface area (Å²) in [6.45, 7) is 3.04. The average molecular weight is 397 g/mol. The molecule has 0 aliphatic heterocycles.